The number of carbonyl (C=O) groups excluding carboxylic acids is 1. The van der Waals surface area contributed by atoms with Crippen LogP contribution in [0.25, 0.3) is 0 Å². The lowest BCUT2D eigenvalue weighted by molar-refractivity contribution is -0.131. The molecule has 0 bridgehead atoms. The quantitative estimate of drug-likeness (QED) is 0.761. The van der Waals surface area contributed by atoms with Crippen molar-refractivity contribution < 1.29 is 4.79 Å². The molecule has 1 aliphatic rings. The molecule has 0 unspecified atom stereocenters. The molecule has 0 N–H and O–H groups in total. The molecule has 0 atom stereocenters. The fraction of sp³-hybridized carbons (Fsp3) is 0.462. The molecule has 0 radical (unpaired) electrons. The number of carbonyl (C=O) groups is 1. The fourth-order valence-corrected chi connectivity index (χ4v) is 2.07. The van der Waals surface area contributed by atoms with Crippen molar-refractivity contribution in [1.82, 2.24) is 5.01 Å². The third-order valence-electron chi connectivity index (χ3n) is 3.04. The summed E-state index contributed by atoms with van der Waals surface area (Å²) in [4.78, 5) is 11.9. The van der Waals surface area contributed by atoms with Gasteiger partial charge in [0.05, 0.1) is 5.69 Å². The van der Waals surface area contributed by atoms with E-state index in [9.17, 15) is 4.79 Å². The first kappa shape index (κ1) is 11.0. The molecule has 16 heavy (non-hydrogen) atoms. The predicted octanol–water partition coefficient (Wildman–Crippen LogP) is 2.44. The van der Waals surface area contributed by atoms with Gasteiger partial charge in [-0.3, -0.25) is 14.8 Å². The van der Waals surface area contributed by atoms with Gasteiger partial charge < -0.3 is 0 Å². The van der Waals surface area contributed by atoms with Gasteiger partial charge in [-0.25, -0.2) is 0 Å². The molecule has 3 nitrogen and oxygen atoms in total. The summed E-state index contributed by atoms with van der Waals surface area (Å²) >= 11 is 0. The van der Waals surface area contributed by atoms with Crippen LogP contribution in [0.1, 0.15) is 25.7 Å². The molecule has 1 fully saturated rings. The lowest BCUT2D eigenvalue weighted by atomic mass is 10.2. The van der Waals surface area contributed by atoms with Gasteiger partial charge >= 0.3 is 0 Å². The van der Waals surface area contributed by atoms with Crippen molar-refractivity contribution in [3.8, 4) is 0 Å². The van der Waals surface area contributed by atoms with Crippen molar-refractivity contribution in [3.05, 3.63) is 30.3 Å². The Morgan fingerprint density at radius 3 is 2.62 bits per heavy atom. The Morgan fingerprint density at radius 1 is 1.12 bits per heavy atom. The molecule has 0 aromatic heterocycles. The van der Waals surface area contributed by atoms with Crippen molar-refractivity contribution in [1.29, 1.82) is 0 Å². The Balaban J connectivity index is 2.13. The van der Waals surface area contributed by atoms with E-state index in [1.807, 2.05) is 47.4 Å². The first-order valence-electron chi connectivity index (χ1n) is 5.88. The predicted molar refractivity (Wildman–Crippen MR) is 65.0 cm³/mol. The molecule has 2 rings (SSSR count). The van der Waals surface area contributed by atoms with Crippen LogP contribution in [-0.2, 0) is 4.79 Å². The van der Waals surface area contributed by atoms with Crippen molar-refractivity contribution in [2.24, 2.45) is 0 Å². The van der Waals surface area contributed by atoms with Gasteiger partial charge in [0, 0.05) is 20.0 Å². The summed E-state index contributed by atoms with van der Waals surface area (Å²) in [7, 11) is 1.96. The second-order valence-electron chi connectivity index (χ2n) is 4.19. The second-order valence-corrected chi connectivity index (χ2v) is 4.19. The molecule has 1 amide bonds. The minimum atomic E-state index is 0.240. The zero-order valence-electron chi connectivity index (χ0n) is 9.72. The lowest BCUT2D eigenvalue weighted by Crippen LogP contribution is -2.44. The molecule has 0 saturated carbocycles. The van der Waals surface area contributed by atoms with Crippen LogP contribution in [0, 0.1) is 0 Å². The second kappa shape index (κ2) is 5.01. The highest BCUT2D eigenvalue weighted by Gasteiger charge is 2.20. The van der Waals surface area contributed by atoms with E-state index in [4.69, 9.17) is 0 Å². The zero-order chi connectivity index (χ0) is 11.4. The van der Waals surface area contributed by atoms with Gasteiger partial charge in [-0.2, -0.15) is 0 Å². The minimum Gasteiger partial charge on any atom is -0.286 e. The summed E-state index contributed by atoms with van der Waals surface area (Å²) in [5.74, 6) is 0.240. The van der Waals surface area contributed by atoms with Gasteiger partial charge in [-0.15, -0.1) is 0 Å². The maximum absolute atomic E-state index is 11.9. The standard InChI is InChI=1S/C13H18N2O/c1-14(12-8-4-2-5-9-12)15-11-7-3-6-10-13(15)16/h2,4-5,8-9H,3,6-7,10-11H2,1H3. The Hall–Kier alpha value is -1.51. The van der Waals surface area contributed by atoms with E-state index in [0.29, 0.717) is 6.42 Å². The molecule has 1 heterocycles. The number of hydrogen-bond donors (Lipinski definition) is 0. The topological polar surface area (TPSA) is 23.6 Å². The normalized spacial score (nSPS) is 17.1. The van der Waals surface area contributed by atoms with Crippen LogP contribution in [0.5, 0.6) is 0 Å². The van der Waals surface area contributed by atoms with Crippen LogP contribution in [0.3, 0.4) is 0 Å². The first-order chi connectivity index (χ1) is 7.79. The van der Waals surface area contributed by atoms with Gasteiger partial charge in [-0.1, -0.05) is 24.6 Å². The van der Waals surface area contributed by atoms with Crippen molar-refractivity contribution >= 4 is 11.6 Å². The van der Waals surface area contributed by atoms with Crippen LogP contribution in [-0.4, -0.2) is 24.5 Å². The summed E-state index contributed by atoms with van der Waals surface area (Å²) in [5.41, 5.74) is 1.07. The summed E-state index contributed by atoms with van der Waals surface area (Å²) < 4.78 is 0. The third kappa shape index (κ3) is 2.35. The highest BCUT2D eigenvalue weighted by molar-refractivity contribution is 5.78. The zero-order valence-corrected chi connectivity index (χ0v) is 9.72. The number of amides is 1. The molecule has 1 aromatic carbocycles. The maximum Gasteiger partial charge on any atom is 0.241 e. The average Bonchev–Trinajstić information content (AvgIpc) is 2.54. The molecule has 0 spiro atoms. The van der Waals surface area contributed by atoms with Gasteiger partial charge in [0.15, 0.2) is 0 Å². The number of hydrazine groups is 1. The van der Waals surface area contributed by atoms with E-state index in [1.165, 1.54) is 0 Å². The van der Waals surface area contributed by atoms with Gasteiger partial charge in [0.1, 0.15) is 0 Å². The fourth-order valence-electron chi connectivity index (χ4n) is 2.07. The number of nitrogens with zero attached hydrogens (tertiary/aromatic N) is 2. The lowest BCUT2D eigenvalue weighted by Gasteiger charge is -2.32. The molecule has 1 saturated heterocycles. The van der Waals surface area contributed by atoms with Gasteiger partial charge in [0.25, 0.3) is 0 Å². The summed E-state index contributed by atoms with van der Waals surface area (Å²) in [6.45, 7) is 0.838. The Bertz CT molecular complexity index is 350. The van der Waals surface area contributed by atoms with E-state index in [-0.39, 0.29) is 5.91 Å². The molecule has 3 heteroatoms. The largest absolute Gasteiger partial charge is 0.286 e. The van der Waals surface area contributed by atoms with E-state index >= 15 is 0 Å². The highest BCUT2D eigenvalue weighted by atomic mass is 16.2. The van der Waals surface area contributed by atoms with Crippen LogP contribution in [0.2, 0.25) is 0 Å². The van der Waals surface area contributed by atoms with Gasteiger partial charge in [-0.05, 0) is 25.0 Å². The van der Waals surface area contributed by atoms with Crippen LogP contribution >= 0.6 is 0 Å². The number of rotatable bonds is 2. The van der Waals surface area contributed by atoms with Crippen molar-refractivity contribution in [2.75, 3.05) is 18.6 Å². The number of para-hydroxylation sites is 1. The van der Waals surface area contributed by atoms with E-state index in [0.717, 1.165) is 31.5 Å². The molecule has 0 aliphatic carbocycles. The van der Waals surface area contributed by atoms with Gasteiger partial charge in [0.2, 0.25) is 5.91 Å². The number of hydrogen-bond acceptors (Lipinski definition) is 2. The van der Waals surface area contributed by atoms with Crippen molar-refractivity contribution in [3.63, 3.8) is 0 Å². The monoisotopic (exact) mass is 218 g/mol. The summed E-state index contributed by atoms with van der Waals surface area (Å²) in [6, 6.07) is 10.0. The summed E-state index contributed by atoms with van der Waals surface area (Å²) in [5, 5.41) is 3.83. The number of anilines is 1. The summed E-state index contributed by atoms with van der Waals surface area (Å²) in [6.07, 6.45) is 3.96. The molecular weight excluding hydrogens is 200 g/mol. The van der Waals surface area contributed by atoms with E-state index in [1.54, 1.807) is 0 Å². The van der Waals surface area contributed by atoms with E-state index < -0.39 is 0 Å². The van der Waals surface area contributed by atoms with Crippen molar-refractivity contribution in [2.45, 2.75) is 25.7 Å². The molecule has 86 valence electrons. The van der Waals surface area contributed by atoms with Crippen LogP contribution in [0.4, 0.5) is 5.69 Å². The SMILES string of the molecule is CN(c1ccccc1)N1CCCCCC1=O. The Morgan fingerprint density at radius 2 is 1.88 bits per heavy atom. The Labute approximate surface area is 96.6 Å². The van der Waals surface area contributed by atoms with Crippen LogP contribution in [0.15, 0.2) is 30.3 Å². The van der Waals surface area contributed by atoms with Crippen LogP contribution < -0.4 is 5.01 Å². The molecule has 1 aliphatic heterocycles. The average molecular weight is 218 g/mol. The highest BCUT2D eigenvalue weighted by Crippen LogP contribution is 2.18. The molecular formula is C13H18N2O. The number of benzene rings is 1. The molecule has 1 aromatic rings. The smallest absolute Gasteiger partial charge is 0.241 e. The maximum atomic E-state index is 11.9. The van der Waals surface area contributed by atoms with E-state index in [2.05, 4.69) is 0 Å². The Kier molecular flexibility index (Phi) is 3.44. The first-order valence-corrected chi connectivity index (χ1v) is 5.88. The third-order valence-corrected chi connectivity index (χ3v) is 3.04. The minimum absolute atomic E-state index is 0.240.